The average molecular weight is 224 g/mol. The SMILES string of the molecule is O=C(NCc1ccn[nH]1)NC[C@@H]1CCCO1. The predicted octanol–water partition coefficient (Wildman–Crippen LogP) is 0.388. The van der Waals surface area contributed by atoms with E-state index in [1.807, 2.05) is 6.07 Å². The third-order valence-electron chi connectivity index (χ3n) is 2.51. The fourth-order valence-electron chi connectivity index (χ4n) is 1.63. The van der Waals surface area contributed by atoms with Crippen molar-refractivity contribution < 1.29 is 9.53 Å². The topological polar surface area (TPSA) is 79.0 Å². The summed E-state index contributed by atoms with van der Waals surface area (Å²) in [5.74, 6) is 0. The second kappa shape index (κ2) is 5.50. The zero-order chi connectivity index (χ0) is 11.2. The summed E-state index contributed by atoms with van der Waals surface area (Å²) >= 11 is 0. The molecular weight excluding hydrogens is 208 g/mol. The lowest BCUT2D eigenvalue weighted by atomic mass is 10.2. The highest BCUT2D eigenvalue weighted by Crippen LogP contribution is 2.10. The molecule has 0 bridgehead atoms. The van der Waals surface area contributed by atoms with E-state index in [1.165, 1.54) is 0 Å². The summed E-state index contributed by atoms with van der Waals surface area (Å²) in [6.45, 7) is 1.84. The van der Waals surface area contributed by atoms with Crippen molar-refractivity contribution in [2.45, 2.75) is 25.5 Å². The molecule has 6 nitrogen and oxygen atoms in total. The Labute approximate surface area is 93.8 Å². The van der Waals surface area contributed by atoms with Crippen LogP contribution in [0, 0.1) is 0 Å². The summed E-state index contributed by atoms with van der Waals surface area (Å²) in [4.78, 5) is 11.4. The Bertz CT molecular complexity index is 320. The van der Waals surface area contributed by atoms with Gasteiger partial charge in [-0.1, -0.05) is 0 Å². The normalized spacial score (nSPS) is 19.6. The first-order valence-corrected chi connectivity index (χ1v) is 5.46. The Morgan fingerprint density at radius 3 is 3.25 bits per heavy atom. The second-order valence-corrected chi connectivity index (χ2v) is 3.78. The van der Waals surface area contributed by atoms with Crippen molar-refractivity contribution in [3.05, 3.63) is 18.0 Å². The molecule has 1 saturated heterocycles. The molecule has 0 saturated carbocycles. The number of aromatic nitrogens is 2. The molecule has 3 N–H and O–H groups in total. The number of rotatable bonds is 4. The first-order chi connectivity index (χ1) is 7.84. The first kappa shape index (κ1) is 10.9. The van der Waals surface area contributed by atoms with Crippen molar-refractivity contribution in [1.29, 1.82) is 0 Å². The van der Waals surface area contributed by atoms with Crippen LogP contribution >= 0.6 is 0 Å². The van der Waals surface area contributed by atoms with Gasteiger partial charge in [-0.15, -0.1) is 0 Å². The molecule has 1 aromatic heterocycles. The summed E-state index contributed by atoms with van der Waals surface area (Å²) in [6.07, 6.45) is 3.95. The van der Waals surface area contributed by atoms with Gasteiger partial charge in [-0.3, -0.25) is 5.10 Å². The fourth-order valence-corrected chi connectivity index (χ4v) is 1.63. The molecule has 1 atom stereocenters. The molecule has 0 radical (unpaired) electrons. The Balaban J connectivity index is 1.60. The van der Waals surface area contributed by atoms with Gasteiger partial charge in [-0.25, -0.2) is 4.79 Å². The number of amides is 2. The number of H-pyrrole nitrogens is 1. The smallest absolute Gasteiger partial charge is 0.315 e. The Hall–Kier alpha value is -1.56. The number of urea groups is 1. The van der Waals surface area contributed by atoms with Gasteiger partial charge >= 0.3 is 6.03 Å². The molecule has 0 spiro atoms. The van der Waals surface area contributed by atoms with Crippen molar-refractivity contribution in [2.75, 3.05) is 13.2 Å². The highest BCUT2D eigenvalue weighted by Gasteiger charge is 2.15. The van der Waals surface area contributed by atoms with Crippen LogP contribution in [0.2, 0.25) is 0 Å². The Morgan fingerprint density at radius 2 is 2.56 bits per heavy atom. The summed E-state index contributed by atoms with van der Waals surface area (Å²) < 4.78 is 5.40. The van der Waals surface area contributed by atoms with Crippen molar-refractivity contribution >= 4 is 6.03 Å². The highest BCUT2D eigenvalue weighted by molar-refractivity contribution is 5.73. The Morgan fingerprint density at radius 1 is 1.62 bits per heavy atom. The lowest BCUT2D eigenvalue weighted by Crippen LogP contribution is -2.39. The van der Waals surface area contributed by atoms with Gasteiger partial charge in [0.25, 0.3) is 0 Å². The fraction of sp³-hybridized carbons (Fsp3) is 0.600. The molecule has 1 aromatic rings. The van der Waals surface area contributed by atoms with Gasteiger partial charge in [-0.05, 0) is 18.9 Å². The van der Waals surface area contributed by atoms with Crippen LogP contribution in [-0.4, -0.2) is 35.5 Å². The molecule has 0 aromatic carbocycles. The summed E-state index contributed by atoms with van der Waals surface area (Å²) in [7, 11) is 0. The number of carbonyl (C=O) groups is 1. The van der Waals surface area contributed by atoms with Gasteiger partial charge in [-0.2, -0.15) is 5.10 Å². The summed E-state index contributed by atoms with van der Waals surface area (Å²) in [6, 6.07) is 1.64. The maximum atomic E-state index is 11.4. The van der Waals surface area contributed by atoms with Crippen LogP contribution in [0.25, 0.3) is 0 Å². The van der Waals surface area contributed by atoms with Crippen molar-refractivity contribution in [3.8, 4) is 0 Å². The van der Waals surface area contributed by atoms with Gasteiger partial charge in [0.2, 0.25) is 0 Å². The van der Waals surface area contributed by atoms with Gasteiger partial charge in [0, 0.05) is 19.3 Å². The lowest BCUT2D eigenvalue weighted by Gasteiger charge is -2.11. The van der Waals surface area contributed by atoms with Crippen LogP contribution in [-0.2, 0) is 11.3 Å². The minimum Gasteiger partial charge on any atom is -0.376 e. The first-order valence-electron chi connectivity index (χ1n) is 5.46. The monoisotopic (exact) mass is 224 g/mol. The van der Waals surface area contributed by atoms with Crippen LogP contribution in [0.5, 0.6) is 0 Å². The molecule has 0 aliphatic carbocycles. The van der Waals surface area contributed by atoms with Gasteiger partial charge in [0.05, 0.1) is 18.3 Å². The molecule has 6 heteroatoms. The molecule has 2 heterocycles. The minimum atomic E-state index is -0.176. The van der Waals surface area contributed by atoms with Crippen LogP contribution in [0.1, 0.15) is 18.5 Å². The second-order valence-electron chi connectivity index (χ2n) is 3.78. The van der Waals surface area contributed by atoms with E-state index in [2.05, 4.69) is 20.8 Å². The molecule has 1 aliphatic heterocycles. The van der Waals surface area contributed by atoms with Crippen LogP contribution in [0.15, 0.2) is 12.3 Å². The van der Waals surface area contributed by atoms with Crippen molar-refractivity contribution in [2.24, 2.45) is 0 Å². The molecule has 88 valence electrons. The van der Waals surface area contributed by atoms with E-state index < -0.39 is 0 Å². The van der Waals surface area contributed by atoms with E-state index in [4.69, 9.17) is 4.74 Å². The maximum Gasteiger partial charge on any atom is 0.315 e. The van der Waals surface area contributed by atoms with Crippen LogP contribution < -0.4 is 10.6 Å². The maximum absolute atomic E-state index is 11.4. The zero-order valence-corrected chi connectivity index (χ0v) is 9.03. The third-order valence-corrected chi connectivity index (χ3v) is 2.51. The van der Waals surface area contributed by atoms with Crippen molar-refractivity contribution in [3.63, 3.8) is 0 Å². The molecule has 2 amide bonds. The van der Waals surface area contributed by atoms with Crippen LogP contribution in [0.4, 0.5) is 4.79 Å². The lowest BCUT2D eigenvalue weighted by molar-refractivity contribution is 0.111. The van der Waals surface area contributed by atoms with E-state index >= 15 is 0 Å². The molecule has 1 aliphatic rings. The largest absolute Gasteiger partial charge is 0.376 e. The number of nitrogens with zero attached hydrogens (tertiary/aromatic N) is 1. The number of aromatic amines is 1. The van der Waals surface area contributed by atoms with Crippen molar-refractivity contribution in [1.82, 2.24) is 20.8 Å². The van der Waals surface area contributed by atoms with Gasteiger partial charge in [0.15, 0.2) is 0 Å². The minimum absolute atomic E-state index is 0.176. The van der Waals surface area contributed by atoms with E-state index in [1.54, 1.807) is 6.20 Å². The molecule has 0 unspecified atom stereocenters. The number of hydrogen-bond acceptors (Lipinski definition) is 3. The molecular formula is C10H16N4O2. The standard InChI is InChI=1S/C10H16N4O2/c15-10(11-6-8-3-4-13-14-8)12-7-9-2-1-5-16-9/h3-4,9H,1-2,5-7H2,(H,13,14)(H2,11,12,15)/t9-/m0/s1. The quantitative estimate of drug-likeness (QED) is 0.692. The highest BCUT2D eigenvalue weighted by atomic mass is 16.5. The molecule has 16 heavy (non-hydrogen) atoms. The van der Waals surface area contributed by atoms with E-state index in [0.717, 1.165) is 25.1 Å². The number of carbonyl (C=O) groups excluding carboxylic acids is 1. The van der Waals surface area contributed by atoms with E-state index in [-0.39, 0.29) is 12.1 Å². The molecule has 2 rings (SSSR count). The van der Waals surface area contributed by atoms with Gasteiger partial charge in [0.1, 0.15) is 0 Å². The molecule has 1 fully saturated rings. The van der Waals surface area contributed by atoms with Crippen LogP contribution in [0.3, 0.4) is 0 Å². The van der Waals surface area contributed by atoms with Gasteiger partial charge < -0.3 is 15.4 Å². The third kappa shape index (κ3) is 3.23. The summed E-state index contributed by atoms with van der Waals surface area (Å²) in [5.41, 5.74) is 0.882. The summed E-state index contributed by atoms with van der Waals surface area (Å²) in [5, 5.41) is 12.1. The number of nitrogens with one attached hydrogen (secondary N) is 3. The van der Waals surface area contributed by atoms with E-state index in [0.29, 0.717) is 13.1 Å². The zero-order valence-electron chi connectivity index (χ0n) is 9.03. The van der Waals surface area contributed by atoms with E-state index in [9.17, 15) is 4.79 Å². The number of hydrogen-bond donors (Lipinski definition) is 3. The predicted molar refractivity (Wildman–Crippen MR) is 57.8 cm³/mol. The average Bonchev–Trinajstić information content (AvgIpc) is 2.96. The number of ether oxygens (including phenoxy) is 1. The Kier molecular flexibility index (Phi) is 3.76.